The van der Waals surface area contributed by atoms with E-state index in [2.05, 4.69) is 41.5 Å². The van der Waals surface area contributed by atoms with Crippen molar-refractivity contribution in [3.05, 3.63) is 35.4 Å². The first-order valence-electron chi connectivity index (χ1n) is 6.13. The SMILES string of the molecule is Cc1cccc(C2(CC3=NCCN3)CC2)c1. The molecule has 0 unspecified atom stereocenters. The van der Waals surface area contributed by atoms with Crippen molar-refractivity contribution in [1.29, 1.82) is 0 Å². The van der Waals surface area contributed by atoms with Crippen LogP contribution in [-0.4, -0.2) is 18.9 Å². The van der Waals surface area contributed by atoms with E-state index in [1.807, 2.05) is 0 Å². The molecule has 1 N–H and O–H groups in total. The molecule has 3 rings (SSSR count). The van der Waals surface area contributed by atoms with Gasteiger partial charge in [-0.1, -0.05) is 29.8 Å². The number of rotatable bonds is 3. The van der Waals surface area contributed by atoms with Crippen molar-refractivity contribution >= 4 is 5.84 Å². The fourth-order valence-corrected chi connectivity index (χ4v) is 2.58. The average Bonchev–Trinajstić information content (AvgIpc) is 2.87. The second kappa shape index (κ2) is 3.62. The number of nitrogens with zero attached hydrogens (tertiary/aromatic N) is 1. The minimum absolute atomic E-state index is 0.405. The van der Waals surface area contributed by atoms with Crippen LogP contribution in [0, 0.1) is 6.92 Å². The zero-order valence-corrected chi connectivity index (χ0v) is 9.79. The molecule has 0 saturated heterocycles. The normalized spacial score (nSPS) is 21.4. The van der Waals surface area contributed by atoms with Crippen LogP contribution in [0.5, 0.6) is 0 Å². The van der Waals surface area contributed by atoms with Gasteiger partial charge in [0.1, 0.15) is 0 Å². The van der Waals surface area contributed by atoms with E-state index in [4.69, 9.17) is 0 Å². The van der Waals surface area contributed by atoms with Gasteiger partial charge in [-0.25, -0.2) is 0 Å². The molecule has 1 fully saturated rings. The van der Waals surface area contributed by atoms with Crippen molar-refractivity contribution in [2.45, 2.75) is 31.6 Å². The monoisotopic (exact) mass is 214 g/mol. The average molecular weight is 214 g/mol. The molecule has 0 aromatic heterocycles. The summed E-state index contributed by atoms with van der Waals surface area (Å²) in [6.45, 7) is 4.16. The fourth-order valence-electron chi connectivity index (χ4n) is 2.58. The second-order valence-electron chi connectivity index (χ2n) is 5.08. The molecule has 1 aliphatic carbocycles. The van der Waals surface area contributed by atoms with Gasteiger partial charge in [0.25, 0.3) is 0 Å². The number of hydrogen-bond acceptors (Lipinski definition) is 2. The largest absolute Gasteiger partial charge is 0.372 e. The van der Waals surface area contributed by atoms with Crippen molar-refractivity contribution in [2.24, 2.45) is 4.99 Å². The summed E-state index contributed by atoms with van der Waals surface area (Å²) >= 11 is 0. The molecular weight excluding hydrogens is 196 g/mol. The third kappa shape index (κ3) is 1.73. The molecule has 0 bridgehead atoms. The van der Waals surface area contributed by atoms with Gasteiger partial charge in [-0.2, -0.15) is 0 Å². The molecule has 1 heterocycles. The number of nitrogens with one attached hydrogen (secondary N) is 1. The molecular formula is C14H18N2. The molecule has 2 nitrogen and oxygen atoms in total. The Hall–Kier alpha value is -1.31. The smallest absolute Gasteiger partial charge is 0.0973 e. The van der Waals surface area contributed by atoms with Crippen LogP contribution in [0.4, 0.5) is 0 Å². The van der Waals surface area contributed by atoms with Gasteiger partial charge in [-0.3, -0.25) is 4.99 Å². The van der Waals surface area contributed by atoms with Crippen LogP contribution in [0.25, 0.3) is 0 Å². The summed E-state index contributed by atoms with van der Waals surface area (Å²) in [5, 5.41) is 3.39. The molecule has 16 heavy (non-hydrogen) atoms. The number of aliphatic imine (C=N–C) groups is 1. The highest BCUT2D eigenvalue weighted by Crippen LogP contribution is 2.51. The molecule has 1 aromatic carbocycles. The molecule has 1 aliphatic heterocycles. The molecule has 0 amide bonds. The first-order chi connectivity index (χ1) is 7.78. The van der Waals surface area contributed by atoms with Crippen molar-refractivity contribution in [1.82, 2.24) is 5.32 Å². The Morgan fingerprint density at radius 2 is 2.25 bits per heavy atom. The van der Waals surface area contributed by atoms with E-state index in [0.717, 1.165) is 19.5 Å². The summed E-state index contributed by atoms with van der Waals surface area (Å²) in [5.41, 5.74) is 3.27. The zero-order chi connectivity index (χ0) is 11.0. The van der Waals surface area contributed by atoms with Crippen LogP contribution in [0.3, 0.4) is 0 Å². The maximum Gasteiger partial charge on any atom is 0.0973 e. The lowest BCUT2D eigenvalue weighted by atomic mass is 9.91. The van der Waals surface area contributed by atoms with E-state index in [9.17, 15) is 0 Å². The van der Waals surface area contributed by atoms with Crippen molar-refractivity contribution in [3.63, 3.8) is 0 Å². The van der Waals surface area contributed by atoms with Gasteiger partial charge in [0.05, 0.1) is 12.4 Å². The zero-order valence-electron chi connectivity index (χ0n) is 9.79. The summed E-state index contributed by atoms with van der Waals surface area (Å²) in [6.07, 6.45) is 3.74. The lowest BCUT2D eigenvalue weighted by Crippen LogP contribution is -2.24. The molecule has 1 aromatic rings. The summed E-state index contributed by atoms with van der Waals surface area (Å²) in [7, 11) is 0. The van der Waals surface area contributed by atoms with Gasteiger partial charge in [-0.15, -0.1) is 0 Å². The molecule has 1 saturated carbocycles. The third-order valence-corrected chi connectivity index (χ3v) is 3.73. The Labute approximate surface area is 96.8 Å². The van der Waals surface area contributed by atoms with E-state index in [1.54, 1.807) is 0 Å². The molecule has 84 valence electrons. The van der Waals surface area contributed by atoms with Gasteiger partial charge in [0.15, 0.2) is 0 Å². The predicted molar refractivity (Wildman–Crippen MR) is 67.0 cm³/mol. The Balaban J connectivity index is 1.82. The first kappa shape index (κ1) is 9.88. The Morgan fingerprint density at radius 3 is 2.88 bits per heavy atom. The van der Waals surface area contributed by atoms with Gasteiger partial charge in [-0.05, 0) is 25.3 Å². The van der Waals surface area contributed by atoms with Gasteiger partial charge >= 0.3 is 0 Å². The first-order valence-corrected chi connectivity index (χ1v) is 6.13. The standard InChI is InChI=1S/C14H18N2/c1-11-3-2-4-12(9-11)14(5-6-14)10-13-15-7-8-16-13/h2-4,9H,5-8,10H2,1H3,(H,15,16). The van der Waals surface area contributed by atoms with E-state index >= 15 is 0 Å². The highest BCUT2D eigenvalue weighted by Gasteiger charge is 2.45. The maximum atomic E-state index is 4.51. The predicted octanol–water partition coefficient (Wildman–Crippen LogP) is 2.42. The minimum Gasteiger partial charge on any atom is -0.372 e. The van der Waals surface area contributed by atoms with Crippen LogP contribution in [0.2, 0.25) is 0 Å². The van der Waals surface area contributed by atoms with Crippen LogP contribution in [-0.2, 0) is 5.41 Å². The number of aryl methyl sites for hydroxylation is 1. The summed E-state index contributed by atoms with van der Waals surface area (Å²) < 4.78 is 0. The number of benzene rings is 1. The molecule has 2 aliphatic rings. The number of amidine groups is 1. The Kier molecular flexibility index (Phi) is 2.23. The third-order valence-electron chi connectivity index (χ3n) is 3.73. The van der Waals surface area contributed by atoms with E-state index in [-0.39, 0.29) is 0 Å². The second-order valence-corrected chi connectivity index (χ2v) is 5.08. The summed E-state index contributed by atoms with van der Waals surface area (Å²) in [5.74, 6) is 1.22. The lowest BCUT2D eigenvalue weighted by molar-refractivity contribution is 0.717. The van der Waals surface area contributed by atoms with Crippen LogP contribution in [0.15, 0.2) is 29.3 Å². The topological polar surface area (TPSA) is 24.4 Å². The highest BCUT2D eigenvalue weighted by molar-refractivity contribution is 5.85. The molecule has 0 spiro atoms. The van der Waals surface area contributed by atoms with Crippen LogP contribution < -0.4 is 5.32 Å². The molecule has 0 atom stereocenters. The van der Waals surface area contributed by atoms with Gasteiger partial charge < -0.3 is 5.32 Å². The van der Waals surface area contributed by atoms with E-state index in [0.29, 0.717) is 5.41 Å². The fraction of sp³-hybridized carbons (Fsp3) is 0.500. The molecule has 0 radical (unpaired) electrons. The van der Waals surface area contributed by atoms with Gasteiger partial charge in [0, 0.05) is 18.4 Å². The van der Waals surface area contributed by atoms with Crippen molar-refractivity contribution in [2.75, 3.05) is 13.1 Å². The van der Waals surface area contributed by atoms with Crippen LogP contribution >= 0.6 is 0 Å². The van der Waals surface area contributed by atoms with E-state index < -0.39 is 0 Å². The van der Waals surface area contributed by atoms with Crippen molar-refractivity contribution < 1.29 is 0 Å². The summed E-state index contributed by atoms with van der Waals surface area (Å²) in [4.78, 5) is 4.51. The highest BCUT2D eigenvalue weighted by atomic mass is 15.1. The molecule has 2 heteroatoms. The summed E-state index contributed by atoms with van der Waals surface area (Å²) in [6, 6.07) is 8.96. The maximum absolute atomic E-state index is 4.51. The Bertz CT molecular complexity index is 430. The Morgan fingerprint density at radius 1 is 1.38 bits per heavy atom. The number of hydrogen-bond donors (Lipinski definition) is 1. The van der Waals surface area contributed by atoms with Crippen molar-refractivity contribution in [3.8, 4) is 0 Å². The van der Waals surface area contributed by atoms with Gasteiger partial charge in [0.2, 0.25) is 0 Å². The lowest BCUT2D eigenvalue weighted by Gasteiger charge is -2.16. The van der Waals surface area contributed by atoms with E-state index in [1.165, 1.54) is 29.8 Å². The van der Waals surface area contributed by atoms with Crippen LogP contribution in [0.1, 0.15) is 30.4 Å². The quantitative estimate of drug-likeness (QED) is 0.821. The minimum atomic E-state index is 0.405.